The van der Waals surface area contributed by atoms with Crippen molar-refractivity contribution in [1.82, 2.24) is 9.97 Å². The minimum absolute atomic E-state index is 0.223. The molecule has 0 radical (unpaired) electrons. The second kappa shape index (κ2) is 6.60. The number of rotatable bonds is 4. The average molecular weight is 350 g/mol. The summed E-state index contributed by atoms with van der Waals surface area (Å²) in [6, 6.07) is 11.2. The van der Waals surface area contributed by atoms with Crippen LogP contribution in [0.3, 0.4) is 0 Å². The zero-order valence-corrected chi connectivity index (χ0v) is 13.7. The van der Waals surface area contributed by atoms with Crippen molar-refractivity contribution in [3.63, 3.8) is 0 Å². The lowest BCUT2D eigenvalue weighted by Gasteiger charge is -2.10. The summed E-state index contributed by atoms with van der Waals surface area (Å²) < 4.78 is 13.1. The first-order chi connectivity index (χ1) is 11.0. The predicted molar refractivity (Wildman–Crippen MR) is 91.5 cm³/mol. The van der Waals surface area contributed by atoms with Crippen molar-refractivity contribution in [2.24, 2.45) is 0 Å². The lowest BCUT2D eigenvalue weighted by Crippen LogP contribution is -2.22. The minimum Gasteiger partial charge on any atom is -0.333 e. The van der Waals surface area contributed by atoms with E-state index in [0.717, 1.165) is 11.0 Å². The number of nitrogens with zero attached hydrogens (tertiary/aromatic N) is 1. The number of H-pyrrole nitrogens is 1. The zero-order chi connectivity index (χ0) is 16.4. The minimum atomic E-state index is -0.394. The molecule has 1 heterocycles. The number of fused-ring (bicyclic) bond motifs is 1. The highest BCUT2D eigenvalue weighted by Crippen LogP contribution is 2.25. The summed E-state index contributed by atoms with van der Waals surface area (Å²) in [5.74, 6) is -0.614. The van der Waals surface area contributed by atoms with Gasteiger partial charge in [0, 0.05) is 10.7 Å². The first kappa shape index (κ1) is 15.8. The molecule has 3 rings (SSSR count). The molecular formula is C16H13ClFN3OS. The standard InChI is InChI=1S/C16H13ClFN3OS/c1-9(15(22)19-12-4-2-3-11(18)8-12)23-16-20-13-6-5-10(17)7-14(13)21-16/h2-9H,1H3,(H,19,22)(H,20,21). The molecule has 3 aromatic rings. The average Bonchev–Trinajstić information content (AvgIpc) is 2.88. The highest BCUT2D eigenvalue weighted by molar-refractivity contribution is 8.00. The summed E-state index contributed by atoms with van der Waals surface area (Å²) >= 11 is 7.23. The maximum Gasteiger partial charge on any atom is 0.237 e. The topological polar surface area (TPSA) is 57.8 Å². The van der Waals surface area contributed by atoms with Crippen LogP contribution in [-0.2, 0) is 4.79 Å². The van der Waals surface area contributed by atoms with Crippen molar-refractivity contribution in [1.29, 1.82) is 0 Å². The van der Waals surface area contributed by atoms with Gasteiger partial charge >= 0.3 is 0 Å². The molecule has 4 nitrogen and oxygen atoms in total. The molecule has 118 valence electrons. The third-order valence-corrected chi connectivity index (χ3v) is 4.39. The number of anilines is 1. The summed E-state index contributed by atoms with van der Waals surface area (Å²) in [7, 11) is 0. The van der Waals surface area contributed by atoms with Crippen LogP contribution in [-0.4, -0.2) is 21.1 Å². The maximum atomic E-state index is 13.1. The van der Waals surface area contributed by atoms with E-state index in [1.165, 1.54) is 23.9 Å². The number of nitrogens with one attached hydrogen (secondary N) is 2. The Morgan fingerprint density at radius 1 is 1.35 bits per heavy atom. The summed E-state index contributed by atoms with van der Waals surface area (Å²) in [5, 5.41) is 3.54. The van der Waals surface area contributed by atoms with Gasteiger partial charge in [-0.05, 0) is 43.3 Å². The van der Waals surface area contributed by atoms with E-state index in [9.17, 15) is 9.18 Å². The largest absolute Gasteiger partial charge is 0.333 e. The number of halogens is 2. The summed E-state index contributed by atoms with van der Waals surface area (Å²) in [4.78, 5) is 19.7. The number of hydrogen-bond acceptors (Lipinski definition) is 3. The van der Waals surface area contributed by atoms with Gasteiger partial charge in [-0.2, -0.15) is 0 Å². The lowest BCUT2D eigenvalue weighted by molar-refractivity contribution is -0.115. The van der Waals surface area contributed by atoms with Crippen LogP contribution in [0.1, 0.15) is 6.92 Å². The van der Waals surface area contributed by atoms with Gasteiger partial charge in [-0.3, -0.25) is 4.79 Å². The number of hydrogen-bond donors (Lipinski definition) is 2. The van der Waals surface area contributed by atoms with Crippen LogP contribution >= 0.6 is 23.4 Å². The van der Waals surface area contributed by atoms with Crippen LogP contribution < -0.4 is 5.32 Å². The fourth-order valence-electron chi connectivity index (χ4n) is 2.05. The molecule has 1 unspecified atom stereocenters. The van der Waals surface area contributed by atoms with Gasteiger partial charge in [-0.15, -0.1) is 0 Å². The lowest BCUT2D eigenvalue weighted by atomic mass is 10.3. The summed E-state index contributed by atoms with van der Waals surface area (Å²) in [6.45, 7) is 1.76. The van der Waals surface area contributed by atoms with Gasteiger partial charge in [-0.1, -0.05) is 29.4 Å². The maximum absolute atomic E-state index is 13.1. The van der Waals surface area contributed by atoms with Crippen LogP contribution in [0.4, 0.5) is 10.1 Å². The highest BCUT2D eigenvalue weighted by Gasteiger charge is 2.17. The Bertz CT molecular complexity index is 867. The number of carbonyl (C=O) groups excluding carboxylic acids is 1. The number of carbonyl (C=O) groups is 1. The van der Waals surface area contributed by atoms with Crippen molar-refractivity contribution >= 4 is 46.0 Å². The third-order valence-electron chi connectivity index (χ3n) is 3.17. The molecule has 1 amide bonds. The Kier molecular flexibility index (Phi) is 4.54. The Balaban J connectivity index is 1.69. The molecule has 0 aliphatic heterocycles. The zero-order valence-electron chi connectivity index (χ0n) is 12.1. The first-order valence-electron chi connectivity index (χ1n) is 6.89. The Morgan fingerprint density at radius 2 is 2.17 bits per heavy atom. The van der Waals surface area contributed by atoms with E-state index in [1.54, 1.807) is 31.2 Å². The van der Waals surface area contributed by atoms with Crippen LogP contribution in [0.15, 0.2) is 47.6 Å². The van der Waals surface area contributed by atoms with E-state index in [1.807, 2.05) is 6.07 Å². The Labute approximate surface area is 141 Å². The van der Waals surface area contributed by atoms with Gasteiger partial charge in [-0.25, -0.2) is 9.37 Å². The van der Waals surface area contributed by atoms with Crippen LogP contribution in [0.25, 0.3) is 11.0 Å². The van der Waals surface area contributed by atoms with Gasteiger partial charge < -0.3 is 10.3 Å². The van der Waals surface area contributed by atoms with Crippen LogP contribution in [0, 0.1) is 5.82 Å². The monoisotopic (exact) mass is 349 g/mol. The SMILES string of the molecule is CC(Sc1nc2ccc(Cl)cc2[nH]1)C(=O)Nc1cccc(F)c1. The van der Waals surface area contributed by atoms with Gasteiger partial charge in [0.2, 0.25) is 5.91 Å². The Hall–Kier alpha value is -2.05. The smallest absolute Gasteiger partial charge is 0.237 e. The third kappa shape index (κ3) is 3.83. The van der Waals surface area contributed by atoms with Crippen molar-refractivity contribution in [2.45, 2.75) is 17.3 Å². The molecule has 0 saturated heterocycles. The first-order valence-corrected chi connectivity index (χ1v) is 8.15. The highest BCUT2D eigenvalue weighted by atomic mass is 35.5. The fraction of sp³-hybridized carbons (Fsp3) is 0.125. The number of aromatic amines is 1. The molecule has 23 heavy (non-hydrogen) atoms. The number of aromatic nitrogens is 2. The van der Waals surface area contributed by atoms with E-state index >= 15 is 0 Å². The second-order valence-corrected chi connectivity index (χ2v) is 6.73. The van der Waals surface area contributed by atoms with Crippen LogP contribution in [0.5, 0.6) is 0 Å². The van der Waals surface area contributed by atoms with E-state index in [0.29, 0.717) is 15.9 Å². The molecule has 0 aliphatic carbocycles. The molecule has 0 saturated carbocycles. The number of imidazole rings is 1. The quantitative estimate of drug-likeness (QED) is 0.683. The molecule has 0 bridgehead atoms. The number of benzene rings is 2. The molecule has 0 spiro atoms. The molecule has 0 aliphatic rings. The molecule has 7 heteroatoms. The van der Waals surface area contributed by atoms with Gasteiger partial charge in [0.15, 0.2) is 5.16 Å². The Morgan fingerprint density at radius 3 is 2.96 bits per heavy atom. The van der Waals surface area contributed by atoms with Crippen molar-refractivity contribution in [3.8, 4) is 0 Å². The van der Waals surface area contributed by atoms with Crippen molar-refractivity contribution in [2.75, 3.05) is 5.32 Å². The molecule has 1 atom stereocenters. The van der Waals surface area contributed by atoms with Gasteiger partial charge in [0.05, 0.1) is 16.3 Å². The summed E-state index contributed by atoms with van der Waals surface area (Å²) in [6.07, 6.45) is 0. The molecule has 2 aromatic carbocycles. The number of amides is 1. The molecule has 2 N–H and O–H groups in total. The van der Waals surface area contributed by atoms with Crippen molar-refractivity contribution < 1.29 is 9.18 Å². The van der Waals surface area contributed by atoms with Gasteiger partial charge in [0.25, 0.3) is 0 Å². The van der Waals surface area contributed by atoms with E-state index in [-0.39, 0.29) is 5.91 Å². The normalized spacial score (nSPS) is 12.3. The second-order valence-electron chi connectivity index (χ2n) is 4.96. The predicted octanol–water partition coefficient (Wildman–Crippen LogP) is 4.47. The van der Waals surface area contributed by atoms with E-state index in [2.05, 4.69) is 15.3 Å². The fourth-order valence-corrected chi connectivity index (χ4v) is 3.04. The van der Waals surface area contributed by atoms with Crippen molar-refractivity contribution in [3.05, 3.63) is 53.3 Å². The van der Waals surface area contributed by atoms with E-state index < -0.39 is 11.1 Å². The molecular weight excluding hydrogens is 337 g/mol. The molecule has 0 fully saturated rings. The van der Waals surface area contributed by atoms with Crippen LogP contribution in [0.2, 0.25) is 5.02 Å². The van der Waals surface area contributed by atoms with E-state index in [4.69, 9.17) is 11.6 Å². The van der Waals surface area contributed by atoms with Gasteiger partial charge in [0.1, 0.15) is 5.82 Å². The number of thioether (sulfide) groups is 1. The summed E-state index contributed by atoms with van der Waals surface area (Å²) in [5.41, 5.74) is 2.03. The molecule has 1 aromatic heterocycles.